The van der Waals surface area contributed by atoms with Crippen molar-refractivity contribution in [3.8, 4) is 0 Å². The molecule has 1 saturated heterocycles. The van der Waals surface area contributed by atoms with E-state index in [1.165, 1.54) is 0 Å². The zero-order valence-corrected chi connectivity index (χ0v) is 9.54. The number of rotatable bonds is 3. The Balaban J connectivity index is 2.95. The number of hydrogen-bond donors (Lipinski definition) is 0. The predicted octanol–water partition coefficient (Wildman–Crippen LogP) is 0.566. The van der Waals surface area contributed by atoms with E-state index in [2.05, 4.69) is 4.74 Å². The first kappa shape index (κ1) is 13.3. The maximum atomic E-state index is 12.4. The lowest BCUT2D eigenvalue weighted by Crippen LogP contribution is -2.50. The molecule has 1 aliphatic heterocycles. The van der Waals surface area contributed by atoms with Crippen LogP contribution in [0.15, 0.2) is 0 Å². The highest BCUT2D eigenvalue weighted by Crippen LogP contribution is 2.24. The summed E-state index contributed by atoms with van der Waals surface area (Å²) in [5.74, 6) is -4.29. The largest absolute Gasteiger partial charge is 0.468 e. The molecule has 16 heavy (non-hydrogen) atoms. The first-order valence-electron chi connectivity index (χ1n) is 4.78. The third kappa shape index (κ3) is 2.49. The van der Waals surface area contributed by atoms with Gasteiger partial charge in [-0.2, -0.15) is 13.1 Å². The summed E-state index contributed by atoms with van der Waals surface area (Å²) in [6.45, 7) is -0.0631. The summed E-state index contributed by atoms with van der Waals surface area (Å²) in [4.78, 5) is 11.3. The highest BCUT2D eigenvalue weighted by molar-refractivity contribution is 7.89. The predicted molar refractivity (Wildman–Crippen MR) is 51.3 cm³/mol. The fraction of sp³-hybridized carbons (Fsp3) is 0.875. The number of esters is 1. The molecule has 8 heteroatoms. The standard InChI is InChI=1S/C8H13F2NO4S/c1-15-7(12)6-4-2-3-5-11(6)16(13,14)8(9)10/h6,8H,2-5H2,1H3/t6-/m1/s1. The van der Waals surface area contributed by atoms with E-state index in [9.17, 15) is 22.0 Å². The summed E-state index contributed by atoms with van der Waals surface area (Å²) in [5, 5.41) is 0. The number of alkyl halides is 2. The fourth-order valence-electron chi connectivity index (χ4n) is 1.68. The minimum absolute atomic E-state index is 0.0631. The van der Waals surface area contributed by atoms with Crippen molar-refractivity contribution in [3.63, 3.8) is 0 Å². The van der Waals surface area contributed by atoms with Crippen LogP contribution in [-0.2, 0) is 19.6 Å². The van der Waals surface area contributed by atoms with Gasteiger partial charge in [0.1, 0.15) is 6.04 Å². The van der Waals surface area contributed by atoms with Crippen molar-refractivity contribution in [3.05, 3.63) is 0 Å². The lowest BCUT2D eigenvalue weighted by Gasteiger charge is -2.32. The van der Waals surface area contributed by atoms with Crippen LogP contribution < -0.4 is 0 Å². The summed E-state index contributed by atoms with van der Waals surface area (Å²) in [6.07, 6.45) is 1.31. The van der Waals surface area contributed by atoms with Gasteiger partial charge in [0, 0.05) is 6.54 Å². The molecule has 94 valence electrons. The van der Waals surface area contributed by atoms with Crippen molar-refractivity contribution < 1.29 is 26.7 Å². The second-order valence-corrected chi connectivity index (χ2v) is 5.31. The van der Waals surface area contributed by atoms with Crippen molar-refractivity contribution in [1.82, 2.24) is 4.31 Å². The number of carbonyl (C=O) groups is 1. The molecule has 1 rings (SSSR count). The Bertz CT molecular complexity index is 357. The Morgan fingerprint density at radius 3 is 2.56 bits per heavy atom. The molecule has 0 spiro atoms. The zero-order chi connectivity index (χ0) is 12.3. The van der Waals surface area contributed by atoms with Crippen molar-refractivity contribution in [2.24, 2.45) is 0 Å². The molecule has 1 atom stereocenters. The van der Waals surface area contributed by atoms with Crippen LogP contribution >= 0.6 is 0 Å². The molecule has 0 bridgehead atoms. The Hall–Kier alpha value is -0.760. The van der Waals surface area contributed by atoms with Gasteiger partial charge in [0.15, 0.2) is 0 Å². The molecule has 0 saturated carbocycles. The average Bonchev–Trinajstić information content (AvgIpc) is 2.27. The van der Waals surface area contributed by atoms with Crippen LogP contribution in [0.3, 0.4) is 0 Å². The maximum Gasteiger partial charge on any atom is 0.350 e. The van der Waals surface area contributed by atoms with Gasteiger partial charge in [-0.15, -0.1) is 0 Å². The van der Waals surface area contributed by atoms with Gasteiger partial charge < -0.3 is 4.74 Å². The molecular formula is C8H13F2NO4S. The van der Waals surface area contributed by atoms with E-state index >= 15 is 0 Å². The number of piperidine rings is 1. The maximum absolute atomic E-state index is 12.4. The van der Waals surface area contributed by atoms with Crippen LogP contribution in [0, 0.1) is 0 Å². The van der Waals surface area contributed by atoms with Crippen molar-refractivity contribution >= 4 is 16.0 Å². The van der Waals surface area contributed by atoms with Gasteiger partial charge in [-0.3, -0.25) is 4.79 Å². The molecule has 1 heterocycles. The summed E-state index contributed by atoms with van der Waals surface area (Å²) in [5.41, 5.74) is 0. The van der Waals surface area contributed by atoms with E-state index in [0.29, 0.717) is 17.1 Å². The molecule has 0 N–H and O–H groups in total. The number of sulfonamides is 1. The normalized spacial score (nSPS) is 23.4. The molecule has 5 nitrogen and oxygen atoms in total. The smallest absolute Gasteiger partial charge is 0.350 e. The number of halogens is 2. The molecule has 0 aliphatic carbocycles. The number of carbonyl (C=O) groups excluding carboxylic acids is 1. The van der Waals surface area contributed by atoms with Crippen LogP contribution in [0.4, 0.5) is 8.78 Å². The van der Waals surface area contributed by atoms with E-state index < -0.39 is 27.8 Å². The summed E-state index contributed by atoms with van der Waals surface area (Å²) in [7, 11) is -3.60. The highest BCUT2D eigenvalue weighted by Gasteiger charge is 2.41. The highest BCUT2D eigenvalue weighted by atomic mass is 32.2. The van der Waals surface area contributed by atoms with E-state index in [1.54, 1.807) is 0 Å². The monoisotopic (exact) mass is 257 g/mol. The lowest BCUT2D eigenvalue weighted by molar-refractivity contribution is -0.146. The molecule has 1 fully saturated rings. The van der Waals surface area contributed by atoms with E-state index in [-0.39, 0.29) is 13.0 Å². The summed E-state index contributed by atoms with van der Waals surface area (Å²) < 4.78 is 52.2. The first-order valence-corrected chi connectivity index (χ1v) is 6.28. The molecule has 0 radical (unpaired) electrons. The molecule has 0 aromatic carbocycles. The fourth-order valence-corrected chi connectivity index (χ4v) is 2.82. The molecule has 0 unspecified atom stereocenters. The van der Waals surface area contributed by atoms with Crippen LogP contribution in [0.25, 0.3) is 0 Å². The van der Waals surface area contributed by atoms with Crippen molar-refractivity contribution in [2.45, 2.75) is 31.1 Å². The first-order chi connectivity index (χ1) is 7.41. The van der Waals surface area contributed by atoms with Crippen molar-refractivity contribution in [2.75, 3.05) is 13.7 Å². The lowest BCUT2D eigenvalue weighted by atomic mass is 10.1. The number of ether oxygens (including phenoxy) is 1. The van der Waals surface area contributed by atoms with E-state index in [1.807, 2.05) is 0 Å². The van der Waals surface area contributed by atoms with E-state index in [0.717, 1.165) is 7.11 Å². The average molecular weight is 257 g/mol. The van der Waals surface area contributed by atoms with Crippen LogP contribution in [0.2, 0.25) is 0 Å². The number of methoxy groups -OCH3 is 1. The van der Waals surface area contributed by atoms with Gasteiger partial charge in [-0.1, -0.05) is 0 Å². The number of nitrogens with zero attached hydrogens (tertiary/aromatic N) is 1. The third-order valence-corrected chi connectivity index (χ3v) is 4.02. The summed E-state index contributed by atoms with van der Waals surface area (Å²) >= 11 is 0. The van der Waals surface area contributed by atoms with Gasteiger partial charge in [0.05, 0.1) is 7.11 Å². The van der Waals surface area contributed by atoms with Crippen molar-refractivity contribution in [1.29, 1.82) is 0 Å². The minimum Gasteiger partial charge on any atom is -0.468 e. The van der Waals surface area contributed by atoms with Crippen LogP contribution in [0.1, 0.15) is 19.3 Å². The van der Waals surface area contributed by atoms with Crippen LogP contribution in [0.5, 0.6) is 0 Å². The quantitative estimate of drug-likeness (QED) is 0.693. The minimum atomic E-state index is -4.71. The van der Waals surface area contributed by atoms with Gasteiger partial charge in [-0.05, 0) is 19.3 Å². The third-order valence-electron chi connectivity index (χ3n) is 2.48. The van der Waals surface area contributed by atoms with Gasteiger partial charge in [0.2, 0.25) is 0 Å². The van der Waals surface area contributed by atoms with E-state index in [4.69, 9.17) is 0 Å². The van der Waals surface area contributed by atoms with Gasteiger partial charge >= 0.3 is 11.7 Å². The Morgan fingerprint density at radius 1 is 1.44 bits per heavy atom. The second kappa shape index (κ2) is 5.05. The zero-order valence-electron chi connectivity index (χ0n) is 8.73. The Morgan fingerprint density at radius 2 is 2.06 bits per heavy atom. The second-order valence-electron chi connectivity index (χ2n) is 3.45. The molecule has 0 aromatic heterocycles. The Kier molecular flexibility index (Phi) is 4.20. The molecule has 0 amide bonds. The SMILES string of the molecule is COC(=O)[C@H]1CCCCN1S(=O)(=O)C(F)F. The van der Waals surface area contributed by atoms with Gasteiger partial charge in [-0.25, -0.2) is 8.42 Å². The van der Waals surface area contributed by atoms with Crippen LogP contribution in [-0.4, -0.2) is 44.1 Å². The Labute approximate surface area is 92.4 Å². The molecule has 1 aliphatic rings. The molecular weight excluding hydrogens is 244 g/mol. The van der Waals surface area contributed by atoms with Gasteiger partial charge in [0.25, 0.3) is 10.0 Å². The summed E-state index contributed by atoms with van der Waals surface area (Å²) in [6, 6.07) is -1.11. The molecule has 0 aromatic rings. The topological polar surface area (TPSA) is 63.7 Å². The number of hydrogen-bond acceptors (Lipinski definition) is 4.